The number of halogens is 2. The predicted octanol–water partition coefficient (Wildman–Crippen LogP) is 7.82. The molecule has 2 heterocycles. The lowest BCUT2D eigenvalue weighted by atomic mass is 9.87. The van der Waals surface area contributed by atoms with Crippen LogP contribution in [0.4, 0.5) is 9.18 Å². The van der Waals surface area contributed by atoms with Crippen molar-refractivity contribution in [3.05, 3.63) is 116 Å². The standard InChI is InChI=1S/C38H33ClFN3O5S/c1-38(2,3)24-14-11-22(12-15-24)19-31-35(45)43(37(47)49-31)18-17-41-32(44)21-48-36(46)33-25-7-4-5-10-30(25)42-34-23(13-16-26(33)34)20-27-28(39)8-6-9-29(27)40/h4-12,14-15,19-20H,13,16-18,21H2,1-3H3,(H,41,44). The summed E-state index contributed by atoms with van der Waals surface area (Å²) in [6.45, 7) is 5.74. The van der Waals surface area contributed by atoms with Crippen molar-refractivity contribution in [1.29, 1.82) is 0 Å². The van der Waals surface area contributed by atoms with Gasteiger partial charge in [-0.25, -0.2) is 14.2 Å². The van der Waals surface area contributed by atoms with Crippen molar-refractivity contribution in [1.82, 2.24) is 15.2 Å². The molecule has 1 aliphatic carbocycles. The molecular formula is C38H33ClFN3O5S. The van der Waals surface area contributed by atoms with E-state index in [-0.39, 0.29) is 29.1 Å². The maximum atomic E-state index is 14.6. The van der Waals surface area contributed by atoms with Gasteiger partial charge in [0.2, 0.25) is 0 Å². The van der Waals surface area contributed by atoms with Gasteiger partial charge in [0.05, 0.1) is 26.7 Å². The van der Waals surface area contributed by atoms with E-state index in [9.17, 15) is 23.6 Å². The third-order valence-corrected chi connectivity index (χ3v) is 9.64. The molecule has 0 spiro atoms. The Morgan fingerprint density at radius 1 is 1.02 bits per heavy atom. The van der Waals surface area contributed by atoms with Crippen LogP contribution in [-0.2, 0) is 26.2 Å². The average molecular weight is 698 g/mol. The number of ether oxygens (including phenoxy) is 1. The van der Waals surface area contributed by atoms with Crippen molar-refractivity contribution in [2.24, 2.45) is 0 Å². The van der Waals surface area contributed by atoms with E-state index in [2.05, 4.69) is 26.1 Å². The zero-order valence-corrected chi connectivity index (χ0v) is 28.7. The van der Waals surface area contributed by atoms with Crippen LogP contribution in [0, 0.1) is 5.82 Å². The Morgan fingerprint density at radius 2 is 1.78 bits per heavy atom. The number of nitrogens with one attached hydrogen (secondary N) is 1. The zero-order valence-electron chi connectivity index (χ0n) is 27.1. The van der Waals surface area contributed by atoms with Crippen LogP contribution in [0.1, 0.15) is 65.5 Å². The number of hydrogen-bond donors (Lipinski definition) is 1. The second-order valence-electron chi connectivity index (χ2n) is 12.8. The Morgan fingerprint density at radius 3 is 2.51 bits per heavy atom. The smallest absolute Gasteiger partial charge is 0.339 e. The number of hydrogen-bond acceptors (Lipinski definition) is 7. The van der Waals surface area contributed by atoms with Crippen LogP contribution in [0.3, 0.4) is 0 Å². The minimum atomic E-state index is -0.693. The first kappa shape index (κ1) is 34.1. The van der Waals surface area contributed by atoms with E-state index in [0.29, 0.717) is 45.5 Å². The van der Waals surface area contributed by atoms with E-state index in [1.165, 1.54) is 12.1 Å². The molecule has 1 saturated heterocycles. The number of carbonyl (C=O) groups excluding carboxylic acids is 4. The number of para-hydroxylation sites is 1. The van der Waals surface area contributed by atoms with Crippen molar-refractivity contribution in [2.45, 2.75) is 39.0 Å². The lowest BCUT2D eigenvalue weighted by molar-refractivity contribution is -0.125. The van der Waals surface area contributed by atoms with Gasteiger partial charge in [-0.1, -0.05) is 80.9 Å². The number of nitrogens with zero attached hydrogens (tertiary/aromatic N) is 2. The topological polar surface area (TPSA) is 106 Å². The number of fused-ring (bicyclic) bond motifs is 2. The minimum Gasteiger partial charge on any atom is -0.452 e. The summed E-state index contributed by atoms with van der Waals surface area (Å²) in [6, 6.07) is 19.4. The van der Waals surface area contributed by atoms with E-state index < -0.39 is 35.4 Å². The van der Waals surface area contributed by atoms with E-state index in [1.807, 2.05) is 24.3 Å². The molecule has 6 rings (SSSR count). The lowest BCUT2D eigenvalue weighted by Gasteiger charge is -2.18. The first-order valence-corrected chi connectivity index (χ1v) is 17.0. The van der Waals surface area contributed by atoms with Crippen molar-refractivity contribution in [3.8, 4) is 0 Å². The van der Waals surface area contributed by atoms with E-state index in [4.69, 9.17) is 21.3 Å². The van der Waals surface area contributed by atoms with Crippen molar-refractivity contribution in [2.75, 3.05) is 19.7 Å². The Balaban J connectivity index is 1.09. The molecule has 3 amide bonds. The monoisotopic (exact) mass is 697 g/mol. The third-order valence-electron chi connectivity index (χ3n) is 8.40. The highest BCUT2D eigenvalue weighted by molar-refractivity contribution is 8.18. The SMILES string of the molecule is CC(C)(C)c1ccc(C=C2SC(=O)N(CCNC(=O)COC(=O)c3c4c(nc5ccccc35)C(=Cc3c(F)cccc3Cl)CC4)C2=O)cc1. The Kier molecular flexibility index (Phi) is 9.72. The van der Waals surface area contributed by atoms with Crippen LogP contribution in [0.2, 0.25) is 5.02 Å². The van der Waals surface area contributed by atoms with Gasteiger partial charge in [-0.15, -0.1) is 0 Å². The largest absolute Gasteiger partial charge is 0.452 e. The first-order valence-electron chi connectivity index (χ1n) is 15.8. The van der Waals surface area contributed by atoms with Crippen molar-refractivity contribution in [3.63, 3.8) is 0 Å². The van der Waals surface area contributed by atoms with E-state index in [1.54, 1.807) is 42.5 Å². The van der Waals surface area contributed by atoms with Crippen molar-refractivity contribution < 1.29 is 28.3 Å². The molecule has 0 saturated carbocycles. The fourth-order valence-corrected chi connectivity index (χ4v) is 6.90. The van der Waals surface area contributed by atoms with Gasteiger partial charge in [-0.05, 0) is 82.6 Å². The van der Waals surface area contributed by atoms with Gasteiger partial charge in [0.1, 0.15) is 5.82 Å². The Hall–Kier alpha value is -4.80. The Labute approximate surface area is 292 Å². The summed E-state index contributed by atoms with van der Waals surface area (Å²) in [6.07, 6.45) is 4.32. The van der Waals surface area contributed by atoms with E-state index >= 15 is 0 Å². The number of pyridine rings is 1. The third kappa shape index (κ3) is 7.30. The number of thioether (sulfide) groups is 1. The molecule has 3 aromatic carbocycles. The fourth-order valence-electron chi connectivity index (χ4n) is 5.82. The highest BCUT2D eigenvalue weighted by Gasteiger charge is 2.35. The summed E-state index contributed by atoms with van der Waals surface area (Å²) in [4.78, 5) is 57.9. The van der Waals surface area contributed by atoms with Gasteiger partial charge in [-0.2, -0.15) is 0 Å². The molecule has 1 aliphatic heterocycles. The number of imide groups is 1. The number of amides is 3. The molecule has 49 heavy (non-hydrogen) atoms. The second-order valence-corrected chi connectivity index (χ2v) is 14.2. The second kappa shape index (κ2) is 14.0. The van der Waals surface area contributed by atoms with Crippen LogP contribution >= 0.6 is 23.4 Å². The summed E-state index contributed by atoms with van der Waals surface area (Å²) in [5.74, 6) is -2.17. The molecule has 0 radical (unpaired) electrons. The van der Waals surface area contributed by atoms with Gasteiger partial charge in [0.25, 0.3) is 17.1 Å². The number of esters is 1. The maximum absolute atomic E-state index is 14.6. The molecule has 0 atom stereocenters. The summed E-state index contributed by atoms with van der Waals surface area (Å²) < 4.78 is 20.0. The van der Waals surface area contributed by atoms with Gasteiger partial charge >= 0.3 is 5.97 Å². The minimum absolute atomic E-state index is 0.00466. The molecule has 0 unspecified atom stereocenters. The molecule has 1 N–H and O–H groups in total. The first-order chi connectivity index (χ1) is 23.4. The summed E-state index contributed by atoms with van der Waals surface area (Å²) >= 11 is 7.12. The number of rotatable bonds is 8. The lowest BCUT2D eigenvalue weighted by Crippen LogP contribution is -2.38. The van der Waals surface area contributed by atoms with Crippen LogP contribution in [0.5, 0.6) is 0 Å². The molecule has 4 aromatic rings. The number of aromatic nitrogens is 1. The zero-order chi connectivity index (χ0) is 34.9. The summed E-state index contributed by atoms with van der Waals surface area (Å²) in [7, 11) is 0. The van der Waals surface area contributed by atoms with Gasteiger partial charge in [0.15, 0.2) is 6.61 Å². The molecule has 2 aliphatic rings. The molecule has 0 bridgehead atoms. The van der Waals surface area contributed by atoms with Crippen LogP contribution < -0.4 is 5.32 Å². The number of allylic oxidation sites excluding steroid dienone is 1. The molecule has 11 heteroatoms. The van der Waals surface area contributed by atoms with Crippen LogP contribution in [0.15, 0.2) is 71.6 Å². The fraction of sp³-hybridized carbons (Fsp3) is 0.237. The van der Waals surface area contributed by atoms with E-state index in [0.717, 1.165) is 33.4 Å². The molecule has 8 nitrogen and oxygen atoms in total. The molecule has 1 aromatic heterocycles. The molecular weight excluding hydrogens is 665 g/mol. The average Bonchev–Trinajstić information content (AvgIpc) is 3.58. The van der Waals surface area contributed by atoms with Crippen LogP contribution in [-0.4, -0.2) is 52.6 Å². The van der Waals surface area contributed by atoms with Gasteiger partial charge in [-0.3, -0.25) is 19.3 Å². The highest BCUT2D eigenvalue weighted by atomic mass is 35.5. The van der Waals surface area contributed by atoms with Crippen molar-refractivity contribution >= 4 is 75.0 Å². The summed E-state index contributed by atoms with van der Waals surface area (Å²) in [5.41, 5.74) is 5.01. The number of benzene rings is 3. The molecule has 1 fully saturated rings. The van der Waals surface area contributed by atoms with Gasteiger partial charge in [0, 0.05) is 24.0 Å². The molecule has 250 valence electrons. The normalized spacial score (nSPS) is 16.1. The quantitative estimate of drug-likeness (QED) is 0.148. The van der Waals surface area contributed by atoms with Gasteiger partial charge < -0.3 is 10.1 Å². The number of carbonyl (C=O) groups is 4. The maximum Gasteiger partial charge on any atom is 0.339 e. The van der Waals surface area contributed by atoms with Crippen LogP contribution in [0.25, 0.3) is 28.6 Å². The Bertz CT molecular complexity index is 2050. The summed E-state index contributed by atoms with van der Waals surface area (Å²) in [5, 5.41) is 3.04. The predicted molar refractivity (Wildman–Crippen MR) is 190 cm³/mol. The highest BCUT2D eigenvalue weighted by Crippen LogP contribution is 2.39.